The highest BCUT2D eigenvalue weighted by Gasteiger charge is 2.20. The van der Waals surface area contributed by atoms with Crippen LogP contribution in [0.3, 0.4) is 0 Å². The molecule has 0 amide bonds. The Morgan fingerprint density at radius 3 is 2.71 bits per heavy atom. The van der Waals surface area contributed by atoms with Crippen LogP contribution in [0.2, 0.25) is 0 Å². The quantitative estimate of drug-likeness (QED) is 0.701. The zero-order valence-electron chi connectivity index (χ0n) is 11.4. The summed E-state index contributed by atoms with van der Waals surface area (Å²) in [4.78, 5) is 12.7. The van der Waals surface area contributed by atoms with Gasteiger partial charge in [-0.15, -0.1) is 0 Å². The number of carbonyl (C=O) groups excluding carboxylic acids is 1. The van der Waals surface area contributed by atoms with Crippen LogP contribution in [0.25, 0.3) is 11.0 Å². The van der Waals surface area contributed by atoms with Gasteiger partial charge < -0.3 is 9.52 Å². The molecule has 0 spiro atoms. The average Bonchev–Trinajstić information content (AvgIpc) is 2.89. The molecular formula is C17H13BrO3. The Morgan fingerprint density at radius 2 is 2.00 bits per heavy atom. The molecule has 1 N–H and O–H groups in total. The number of ketones is 1. The number of halogens is 1. The van der Waals surface area contributed by atoms with Gasteiger partial charge >= 0.3 is 0 Å². The first-order chi connectivity index (χ1) is 10.1. The van der Waals surface area contributed by atoms with Crippen LogP contribution in [0.1, 0.15) is 28.6 Å². The smallest absolute Gasteiger partial charge is 0.228 e. The Morgan fingerprint density at radius 1 is 1.24 bits per heavy atom. The van der Waals surface area contributed by atoms with E-state index in [1.54, 1.807) is 18.2 Å². The molecule has 0 radical (unpaired) electrons. The van der Waals surface area contributed by atoms with Crippen LogP contribution in [0.5, 0.6) is 5.75 Å². The average molecular weight is 345 g/mol. The number of fused-ring (bicyclic) bond motifs is 1. The van der Waals surface area contributed by atoms with Crippen molar-refractivity contribution in [3.8, 4) is 5.75 Å². The summed E-state index contributed by atoms with van der Waals surface area (Å²) in [6.45, 7) is 1.90. The number of phenolic OH excluding ortho intramolecular Hbond substituents is 1. The van der Waals surface area contributed by atoms with Crippen molar-refractivity contribution in [2.24, 2.45) is 0 Å². The Balaban J connectivity index is 2.13. The van der Waals surface area contributed by atoms with E-state index in [0.717, 1.165) is 5.39 Å². The van der Waals surface area contributed by atoms with Gasteiger partial charge in [0, 0.05) is 21.0 Å². The Labute approximate surface area is 130 Å². The molecule has 0 bridgehead atoms. The van der Waals surface area contributed by atoms with Gasteiger partial charge in [-0.05, 0) is 30.7 Å². The van der Waals surface area contributed by atoms with E-state index in [4.69, 9.17) is 4.42 Å². The van der Waals surface area contributed by atoms with Crippen LogP contribution < -0.4 is 0 Å². The van der Waals surface area contributed by atoms with Gasteiger partial charge in [0.15, 0.2) is 5.76 Å². The SMILES string of the molecule is CCc1c(O)cc(Br)cc1C(=O)c1cc2ccccc2o1. The molecule has 21 heavy (non-hydrogen) atoms. The first-order valence-electron chi connectivity index (χ1n) is 6.65. The van der Waals surface area contributed by atoms with E-state index in [9.17, 15) is 9.90 Å². The molecule has 0 saturated heterocycles. The summed E-state index contributed by atoms with van der Waals surface area (Å²) in [7, 11) is 0. The van der Waals surface area contributed by atoms with Gasteiger partial charge in [-0.1, -0.05) is 41.1 Å². The molecule has 3 nitrogen and oxygen atoms in total. The van der Waals surface area contributed by atoms with Crippen LogP contribution in [-0.4, -0.2) is 10.9 Å². The number of rotatable bonds is 3. The summed E-state index contributed by atoms with van der Waals surface area (Å²) in [6.07, 6.45) is 0.570. The fourth-order valence-corrected chi connectivity index (χ4v) is 2.87. The van der Waals surface area contributed by atoms with Crippen LogP contribution in [0.4, 0.5) is 0 Å². The molecular weight excluding hydrogens is 332 g/mol. The second-order valence-corrected chi connectivity index (χ2v) is 5.70. The third-order valence-electron chi connectivity index (χ3n) is 3.44. The first kappa shape index (κ1) is 13.9. The van der Waals surface area contributed by atoms with E-state index in [-0.39, 0.29) is 17.3 Å². The van der Waals surface area contributed by atoms with E-state index in [0.29, 0.717) is 27.6 Å². The molecule has 0 saturated carbocycles. The number of aromatic hydroxyl groups is 1. The van der Waals surface area contributed by atoms with Gasteiger partial charge in [-0.3, -0.25) is 4.79 Å². The summed E-state index contributed by atoms with van der Waals surface area (Å²) < 4.78 is 6.28. The number of furan rings is 1. The number of hydrogen-bond acceptors (Lipinski definition) is 3. The minimum absolute atomic E-state index is 0.117. The summed E-state index contributed by atoms with van der Waals surface area (Å²) in [5.41, 5.74) is 1.77. The minimum Gasteiger partial charge on any atom is -0.508 e. The van der Waals surface area contributed by atoms with Crippen molar-refractivity contribution >= 4 is 32.7 Å². The van der Waals surface area contributed by atoms with Crippen LogP contribution in [0.15, 0.2) is 51.4 Å². The van der Waals surface area contributed by atoms with E-state index in [1.807, 2.05) is 31.2 Å². The van der Waals surface area contributed by atoms with E-state index in [2.05, 4.69) is 15.9 Å². The maximum absolute atomic E-state index is 12.7. The van der Waals surface area contributed by atoms with Gasteiger partial charge in [0.2, 0.25) is 5.78 Å². The van der Waals surface area contributed by atoms with Crippen molar-refractivity contribution in [2.75, 3.05) is 0 Å². The van der Waals surface area contributed by atoms with E-state index >= 15 is 0 Å². The molecule has 1 heterocycles. The van der Waals surface area contributed by atoms with Crippen molar-refractivity contribution in [3.05, 3.63) is 63.8 Å². The predicted octanol–water partition coefficient (Wildman–Crippen LogP) is 4.69. The van der Waals surface area contributed by atoms with Crippen molar-refractivity contribution in [3.63, 3.8) is 0 Å². The molecule has 0 unspecified atom stereocenters. The third-order valence-corrected chi connectivity index (χ3v) is 3.90. The second-order valence-electron chi connectivity index (χ2n) is 4.78. The molecule has 0 aliphatic carbocycles. The topological polar surface area (TPSA) is 50.4 Å². The van der Waals surface area contributed by atoms with E-state index in [1.165, 1.54) is 0 Å². The predicted molar refractivity (Wildman–Crippen MR) is 84.8 cm³/mol. The normalized spacial score (nSPS) is 11.0. The van der Waals surface area contributed by atoms with Crippen LogP contribution in [-0.2, 0) is 6.42 Å². The van der Waals surface area contributed by atoms with Gasteiger partial charge in [0.25, 0.3) is 0 Å². The standard InChI is InChI=1S/C17H13BrO3/c1-2-12-13(8-11(18)9-14(12)19)17(20)16-7-10-5-3-4-6-15(10)21-16/h3-9,19H,2H2,1H3. The van der Waals surface area contributed by atoms with E-state index < -0.39 is 0 Å². The number of hydrogen-bond donors (Lipinski definition) is 1. The van der Waals surface area contributed by atoms with Gasteiger partial charge in [0.1, 0.15) is 11.3 Å². The van der Waals surface area contributed by atoms with Crippen molar-refractivity contribution in [1.29, 1.82) is 0 Å². The number of carbonyl (C=O) groups is 1. The molecule has 3 rings (SSSR count). The summed E-state index contributed by atoms with van der Waals surface area (Å²) >= 11 is 3.31. The number of benzene rings is 2. The summed E-state index contributed by atoms with van der Waals surface area (Å²) in [5, 5.41) is 10.9. The maximum Gasteiger partial charge on any atom is 0.228 e. The van der Waals surface area contributed by atoms with Crippen LogP contribution in [0, 0.1) is 0 Å². The fourth-order valence-electron chi connectivity index (χ4n) is 2.42. The molecule has 0 atom stereocenters. The zero-order chi connectivity index (χ0) is 15.0. The molecule has 106 valence electrons. The number of para-hydroxylation sites is 1. The highest BCUT2D eigenvalue weighted by atomic mass is 79.9. The third kappa shape index (κ3) is 2.47. The Kier molecular flexibility index (Phi) is 3.55. The second kappa shape index (κ2) is 5.37. The van der Waals surface area contributed by atoms with Crippen molar-refractivity contribution in [1.82, 2.24) is 0 Å². The molecule has 0 aliphatic heterocycles. The molecule has 1 aromatic heterocycles. The summed E-state index contributed by atoms with van der Waals surface area (Å²) in [6, 6.07) is 12.5. The fraction of sp³-hybridized carbons (Fsp3) is 0.118. The lowest BCUT2D eigenvalue weighted by atomic mass is 9.99. The highest BCUT2D eigenvalue weighted by Crippen LogP contribution is 2.30. The van der Waals surface area contributed by atoms with Gasteiger partial charge in [0.05, 0.1) is 0 Å². The molecule has 0 aliphatic rings. The first-order valence-corrected chi connectivity index (χ1v) is 7.44. The minimum atomic E-state index is -0.223. The summed E-state index contributed by atoms with van der Waals surface area (Å²) in [5.74, 6) is 0.175. The lowest BCUT2D eigenvalue weighted by Gasteiger charge is -2.08. The number of phenols is 1. The van der Waals surface area contributed by atoms with Crippen LogP contribution >= 0.6 is 15.9 Å². The van der Waals surface area contributed by atoms with Gasteiger partial charge in [-0.2, -0.15) is 0 Å². The Hall–Kier alpha value is -2.07. The highest BCUT2D eigenvalue weighted by molar-refractivity contribution is 9.10. The molecule has 4 heteroatoms. The van der Waals surface area contributed by atoms with Crippen molar-refractivity contribution in [2.45, 2.75) is 13.3 Å². The van der Waals surface area contributed by atoms with Gasteiger partial charge in [-0.25, -0.2) is 0 Å². The molecule has 0 fully saturated rings. The largest absolute Gasteiger partial charge is 0.508 e. The van der Waals surface area contributed by atoms with Crippen molar-refractivity contribution < 1.29 is 14.3 Å². The zero-order valence-corrected chi connectivity index (χ0v) is 13.0. The maximum atomic E-state index is 12.7. The lowest BCUT2D eigenvalue weighted by molar-refractivity contribution is 0.101. The molecule has 2 aromatic carbocycles. The molecule has 3 aromatic rings. The lowest BCUT2D eigenvalue weighted by Crippen LogP contribution is -2.04. The Bertz CT molecular complexity index is 800. The monoisotopic (exact) mass is 344 g/mol.